The van der Waals surface area contributed by atoms with Crippen LogP contribution in [0.15, 0.2) is 0 Å². The Morgan fingerprint density at radius 2 is 2.00 bits per heavy atom. The quantitative estimate of drug-likeness (QED) is 0.536. The van der Waals surface area contributed by atoms with Crippen LogP contribution >= 0.6 is 0 Å². The first-order valence-electron chi connectivity index (χ1n) is 4.36. The summed E-state index contributed by atoms with van der Waals surface area (Å²) < 4.78 is 0. The third kappa shape index (κ3) is 1.08. The monoisotopic (exact) mass is 157 g/mol. The minimum atomic E-state index is -0.186. The van der Waals surface area contributed by atoms with E-state index in [1.807, 2.05) is 0 Å². The predicted octanol–water partition coefficient (Wildman–Crippen LogP) is -0.566. The van der Waals surface area contributed by atoms with Crippen molar-refractivity contribution in [3.8, 4) is 0 Å². The number of fused-ring (bicyclic) bond motifs is 1. The Balaban J connectivity index is 2.07. The van der Waals surface area contributed by atoms with Crippen molar-refractivity contribution in [3.63, 3.8) is 0 Å². The molecule has 0 radical (unpaired) electrons. The molecule has 0 aromatic rings. The molecule has 2 aliphatic heterocycles. The summed E-state index contributed by atoms with van der Waals surface area (Å²) in [4.78, 5) is 2.30. The van der Waals surface area contributed by atoms with E-state index in [4.69, 9.17) is 5.11 Å². The molecular weight excluding hydrogens is 142 g/mol. The number of aliphatic hydroxyl groups is 2. The van der Waals surface area contributed by atoms with Gasteiger partial charge in [0.25, 0.3) is 0 Å². The number of hydrogen-bond donors (Lipinski definition) is 2. The van der Waals surface area contributed by atoms with Gasteiger partial charge in [-0.1, -0.05) is 0 Å². The third-order valence-electron chi connectivity index (χ3n) is 3.03. The summed E-state index contributed by atoms with van der Waals surface area (Å²) in [6.07, 6.45) is 1.76. The summed E-state index contributed by atoms with van der Waals surface area (Å²) in [6, 6.07) is 0.264. The van der Waals surface area contributed by atoms with E-state index in [-0.39, 0.29) is 18.8 Å². The highest BCUT2D eigenvalue weighted by Crippen LogP contribution is 2.32. The molecule has 2 aliphatic rings. The van der Waals surface area contributed by atoms with Crippen LogP contribution in [-0.2, 0) is 0 Å². The fraction of sp³-hybridized carbons (Fsp3) is 1.00. The van der Waals surface area contributed by atoms with Gasteiger partial charge in [0.2, 0.25) is 0 Å². The maximum atomic E-state index is 9.55. The number of rotatable bonds is 1. The van der Waals surface area contributed by atoms with E-state index in [1.54, 1.807) is 0 Å². The molecule has 3 nitrogen and oxygen atoms in total. The first-order chi connectivity index (χ1) is 5.33. The first-order valence-corrected chi connectivity index (χ1v) is 4.36. The van der Waals surface area contributed by atoms with Gasteiger partial charge in [-0.25, -0.2) is 0 Å². The molecule has 0 saturated carbocycles. The van der Waals surface area contributed by atoms with Gasteiger partial charge in [0.15, 0.2) is 0 Å². The number of nitrogens with zero attached hydrogens (tertiary/aromatic N) is 1. The Hall–Kier alpha value is -0.120. The minimum absolute atomic E-state index is 0.186. The smallest absolute Gasteiger partial charge is 0.0711 e. The fourth-order valence-corrected chi connectivity index (χ4v) is 2.44. The van der Waals surface area contributed by atoms with E-state index >= 15 is 0 Å². The van der Waals surface area contributed by atoms with Crippen LogP contribution in [0.2, 0.25) is 0 Å². The molecule has 0 aromatic heterocycles. The Kier molecular flexibility index (Phi) is 1.87. The van der Waals surface area contributed by atoms with Gasteiger partial charge in [0.05, 0.1) is 6.10 Å². The average molecular weight is 157 g/mol. The molecule has 0 aliphatic carbocycles. The molecule has 0 amide bonds. The van der Waals surface area contributed by atoms with Crippen molar-refractivity contribution in [1.82, 2.24) is 4.90 Å². The molecule has 2 rings (SSSR count). The zero-order chi connectivity index (χ0) is 7.84. The number of aliphatic hydroxyl groups excluding tert-OH is 2. The Bertz CT molecular complexity index is 151. The minimum Gasteiger partial charge on any atom is -0.396 e. The van der Waals surface area contributed by atoms with Crippen molar-refractivity contribution in [2.24, 2.45) is 5.92 Å². The first kappa shape index (κ1) is 7.53. The van der Waals surface area contributed by atoms with Crippen molar-refractivity contribution >= 4 is 0 Å². The molecule has 64 valence electrons. The van der Waals surface area contributed by atoms with Crippen LogP contribution in [0.4, 0.5) is 0 Å². The van der Waals surface area contributed by atoms with Gasteiger partial charge in [-0.15, -0.1) is 0 Å². The topological polar surface area (TPSA) is 43.7 Å². The second kappa shape index (κ2) is 2.73. The van der Waals surface area contributed by atoms with Crippen molar-refractivity contribution < 1.29 is 10.2 Å². The van der Waals surface area contributed by atoms with Crippen LogP contribution in [0.25, 0.3) is 0 Å². The molecular formula is C8H15NO2. The molecule has 2 heterocycles. The maximum absolute atomic E-state index is 9.55. The summed E-state index contributed by atoms with van der Waals surface area (Å²) in [5.74, 6) is 0.326. The van der Waals surface area contributed by atoms with Crippen LogP contribution in [0.1, 0.15) is 12.8 Å². The van der Waals surface area contributed by atoms with E-state index < -0.39 is 0 Å². The van der Waals surface area contributed by atoms with E-state index in [2.05, 4.69) is 4.90 Å². The molecule has 3 heteroatoms. The molecule has 3 atom stereocenters. The zero-order valence-corrected chi connectivity index (χ0v) is 6.61. The van der Waals surface area contributed by atoms with Gasteiger partial charge in [0, 0.05) is 25.1 Å². The highest BCUT2D eigenvalue weighted by molar-refractivity contribution is 4.96. The lowest BCUT2D eigenvalue weighted by Crippen LogP contribution is -2.35. The molecule has 11 heavy (non-hydrogen) atoms. The molecule has 0 spiro atoms. The fourth-order valence-electron chi connectivity index (χ4n) is 2.44. The van der Waals surface area contributed by atoms with Crippen molar-refractivity contribution in [3.05, 3.63) is 0 Å². The molecule has 0 bridgehead atoms. The van der Waals surface area contributed by atoms with Crippen molar-refractivity contribution in [1.29, 1.82) is 0 Å². The van der Waals surface area contributed by atoms with Gasteiger partial charge >= 0.3 is 0 Å². The van der Waals surface area contributed by atoms with Crippen LogP contribution in [0, 0.1) is 5.92 Å². The lowest BCUT2D eigenvalue weighted by molar-refractivity contribution is 0.0902. The summed E-state index contributed by atoms with van der Waals surface area (Å²) in [5, 5.41) is 18.5. The van der Waals surface area contributed by atoms with Gasteiger partial charge in [0.1, 0.15) is 0 Å². The normalized spacial score (nSPS) is 44.7. The lowest BCUT2D eigenvalue weighted by atomic mass is 9.97. The van der Waals surface area contributed by atoms with Gasteiger partial charge < -0.3 is 10.2 Å². The molecule has 2 saturated heterocycles. The standard InChI is InChI=1S/C8H15NO2/c10-5-6-1-3-9-4-2-7(11)8(6)9/h6-8,10-11H,1-5H2/t6-,7+,8-/m0/s1. The lowest BCUT2D eigenvalue weighted by Gasteiger charge is -2.21. The van der Waals surface area contributed by atoms with E-state index in [0.29, 0.717) is 5.92 Å². The summed E-state index contributed by atoms with van der Waals surface area (Å²) in [6.45, 7) is 2.31. The Morgan fingerprint density at radius 3 is 2.73 bits per heavy atom. The summed E-state index contributed by atoms with van der Waals surface area (Å²) in [5.41, 5.74) is 0. The summed E-state index contributed by atoms with van der Waals surface area (Å²) >= 11 is 0. The second-order valence-corrected chi connectivity index (χ2v) is 3.61. The van der Waals surface area contributed by atoms with Crippen LogP contribution in [-0.4, -0.2) is 47.0 Å². The molecule has 2 fully saturated rings. The average Bonchev–Trinajstić information content (AvgIpc) is 2.54. The largest absolute Gasteiger partial charge is 0.396 e. The van der Waals surface area contributed by atoms with Crippen LogP contribution < -0.4 is 0 Å². The number of hydrogen-bond acceptors (Lipinski definition) is 3. The van der Waals surface area contributed by atoms with E-state index in [1.165, 1.54) is 0 Å². The van der Waals surface area contributed by atoms with Gasteiger partial charge in [-0.05, 0) is 19.4 Å². The van der Waals surface area contributed by atoms with Gasteiger partial charge in [-0.3, -0.25) is 4.90 Å². The van der Waals surface area contributed by atoms with Gasteiger partial charge in [-0.2, -0.15) is 0 Å². The SMILES string of the molecule is OC[C@@H]1CCN2CC[C@@H](O)[C@H]12. The third-order valence-corrected chi connectivity index (χ3v) is 3.03. The highest BCUT2D eigenvalue weighted by atomic mass is 16.3. The van der Waals surface area contributed by atoms with Crippen LogP contribution in [0.3, 0.4) is 0 Å². The zero-order valence-electron chi connectivity index (χ0n) is 6.61. The van der Waals surface area contributed by atoms with E-state index in [0.717, 1.165) is 25.9 Å². The molecule has 2 N–H and O–H groups in total. The highest BCUT2D eigenvalue weighted by Gasteiger charge is 2.42. The predicted molar refractivity (Wildman–Crippen MR) is 41.2 cm³/mol. The molecule has 0 aromatic carbocycles. The van der Waals surface area contributed by atoms with Crippen molar-refractivity contribution in [2.45, 2.75) is 25.0 Å². The molecule has 0 unspecified atom stereocenters. The van der Waals surface area contributed by atoms with E-state index in [9.17, 15) is 5.11 Å². The maximum Gasteiger partial charge on any atom is 0.0711 e. The van der Waals surface area contributed by atoms with Crippen LogP contribution in [0.5, 0.6) is 0 Å². The Morgan fingerprint density at radius 1 is 1.27 bits per heavy atom. The summed E-state index contributed by atoms with van der Waals surface area (Å²) in [7, 11) is 0. The second-order valence-electron chi connectivity index (χ2n) is 3.61. The van der Waals surface area contributed by atoms with Crippen molar-refractivity contribution in [2.75, 3.05) is 19.7 Å². The Labute approximate surface area is 66.6 Å².